The zero-order chi connectivity index (χ0) is 11.4. The fourth-order valence-corrected chi connectivity index (χ4v) is 2.21. The zero-order valence-corrected chi connectivity index (χ0v) is 9.78. The van der Waals surface area contributed by atoms with Crippen LogP contribution in [0.15, 0.2) is 35.2 Å². The van der Waals surface area contributed by atoms with E-state index in [1.54, 1.807) is 29.7 Å². The summed E-state index contributed by atoms with van der Waals surface area (Å²) < 4.78 is 0. The third-order valence-corrected chi connectivity index (χ3v) is 3.04. The van der Waals surface area contributed by atoms with Gasteiger partial charge in [-0.15, -0.1) is 0 Å². The molecule has 4 heteroatoms. The number of anilines is 1. The largest absolute Gasteiger partial charge is 0.355 e. The summed E-state index contributed by atoms with van der Waals surface area (Å²) in [6.45, 7) is 0.765. The van der Waals surface area contributed by atoms with Gasteiger partial charge >= 0.3 is 0 Å². The van der Waals surface area contributed by atoms with Gasteiger partial charge in [0, 0.05) is 19.8 Å². The van der Waals surface area contributed by atoms with Crippen LogP contribution in [0.5, 0.6) is 0 Å². The Kier molecular flexibility index (Phi) is 3.31. The van der Waals surface area contributed by atoms with E-state index in [1.807, 2.05) is 17.3 Å². The topological polar surface area (TPSA) is 33.2 Å². The fourth-order valence-electron chi connectivity index (χ4n) is 1.55. The lowest BCUT2D eigenvalue weighted by atomic mass is 10.2. The van der Waals surface area contributed by atoms with Crippen LogP contribution in [0.4, 0.5) is 5.82 Å². The Bertz CT molecular complexity index is 468. The van der Waals surface area contributed by atoms with Crippen LogP contribution in [-0.4, -0.2) is 18.3 Å². The molecular formula is C12H12N2OS. The average molecular weight is 232 g/mol. The summed E-state index contributed by atoms with van der Waals surface area (Å²) in [6.07, 6.45) is 2.54. The van der Waals surface area contributed by atoms with E-state index in [0.29, 0.717) is 5.56 Å². The average Bonchev–Trinajstić information content (AvgIpc) is 2.81. The van der Waals surface area contributed by atoms with Crippen LogP contribution in [0.3, 0.4) is 0 Å². The van der Waals surface area contributed by atoms with E-state index >= 15 is 0 Å². The van der Waals surface area contributed by atoms with Crippen molar-refractivity contribution in [1.82, 2.24) is 4.98 Å². The summed E-state index contributed by atoms with van der Waals surface area (Å²) >= 11 is 1.67. The molecule has 0 aliphatic rings. The molecule has 0 bridgehead atoms. The van der Waals surface area contributed by atoms with Gasteiger partial charge in [-0.3, -0.25) is 4.79 Å². The predicted octanol–water partition coefficient (Wildman–Crippen LogP) is 2.59. The summed E-state index contributed by atoms with van der Waals surface area (Å²) in [6, 6.07) is 5.62. The van der Waals surface area contributed by atoms with Gasteiger partial charge in [0.05, 0.1) is 5.56 Å². The number of carbonyl (C=O) groups is 1. The molecule has 0 radical (unpaired) electrons. The Morgan fingerprint density at radius 2 is 2.38 bits per heavy atom. The molecule has 16 heavy (non-hydrogen) atoms. The highest BCUT2D eigenvalue weighted by Gasteiger charge is 2.08. The predicted molar refractivity (Wildman–Crippen MR) is 66.1 cm³/mol. The molecular weight excluding hydrogens is 220 g/mol. The van der Waals surface area contributed by atoms with Gasteiger partial charge in [0.25, 0.3) is 0 Å². The fraction of sp³-hybridized carbons (Fsp3) is 0.167. The van der Waals surface area contributed by atoms with E-state index < -0.39 is 0 Å². The highest BCUT2D eigenvalue weighted by molar-refractivity contribution is 7.07. The van der Waals surface area contributed by atoms with E-state index in [4.69, 9.17) is 0 Å². The molecule has 0 amide bonds. The SMILES string of the molecule is CN(Cc1ccsc1)c1ncccc1C=O. The molecule has 0 spiro atoms. The lowest BCUT2D eigenvalue weighted by Gasteiger charge is -2.18. The Morgan fingerprint density at radius 1 is 1.50 bits per heavy atom. The van der Waals surface area contributed by atoms with Gasteiger partial charge in [-0.2, -0.15) is 11.3 Å². The summed E-state index contributed by atoms with van der Waals surface area (Å²) in [5.41, 5.74) is 1.86. The van der Waals surface area contributed by atoms with Gasteiger partial charge in [-0.1, -0.05) is 0 Å². The van der Waals surface area contributed by atoms with Crippen molar-refractivity contribution < 1.29 is 4.79 Å². The van der Waals surface area contributed by atoms with Crippen molar-refractivity contribution in [3.63, 3.8) is 0 Å². The molecule has 0 unspecified atom stereocenters. The van der Waals surface area contributed by atoms with E-state index in [1.165, 1.54) is 5.56 Å². The molecule has 2 aromatic heterocycles. The smallest absolute Gasteiger partial charge is 0.153 e. The van der Waals surface area contributed by atoms with E-state index in [0.717, 1.165) is 18.6 Å². The van der Waals surface area contributed by atoms with Crippen molar-refractivity contribution >= 4 is 23.4 Å². The minimum atomic E-state index is 0.625. The minimum Gasteiger partial charge on any atom is -0.355 e. The first kappa shape index (κ1) is 10.8. The van der Waals surface area contributed by atoms with Gasteiger partial charge in [0.2, 0.25) is 0 Å². The first-order chi connectivity index (χ1) is 7.81. The molecule has 82 valence electrons. The van der Waals surface area contributed by atoms with Gasteiger partial charge in [-0.25, -0.2) is 4.98 Å². The first-order valence-electron chi connectivity index (χ1n) is 4.93. The third-order valence-electron chi connectivity index (χ3n) is 2.31. The number of hydrogen-bond donors (Lipinski definition) is 0. The van der Waals surface area contributed by atoms with Crippen LogP contribution in [0, 0.1) is 0 Å². The number of aldehydes is 1. The first-order valence-corrected chi connectivity index (χ1v) is 5.88. The summed E-state index contributed by atoms with van der Waals surface area (Å²) in [7, 11) is 1.94. The normalized spacial score (nSPS) is 10.1. The number of aromatic nitrogens is 1. The number of hydrogen-bond acceptors (Lipinski definition) is 4. The number of rotatable bonds is 4. The van der Waals surface area contributed by atoms with Crippen molar-refractivity contribution in [2.45, 2.75) is 6.54 Å². The summed E-state index contributed by atoms with van der Waals surface area (Å²) in [5.74, 6) is 0.726. The molecule has 0 saturated carbocycles. The molecule has 0 aliphatic heterocycles. The standard InChI is InChI=1S/C12H12N2OS/c1-14(7-10-4-6-16-9-10)12-11(8-15)3-2-5-13-12/h2-6,8-9H,7H2,1H3. The molecule has 3 nitrogen and oxygen atoms in total. The van der Waals surface area contributed by atoms with Crippen LogP contribution < -0.4 is 4.90 Å². The molecule has 2 heterocycles. The monoisotopic (exact) mass is 232 g/mol. The van der Waals surface area contributed by atoms with E-state index in [9.17, 15) is 4.79 Å². The quantitative estimate of drug-likeness (QED) is 0.760. The second kappa shape index (κ2) is 4.90. The van der Waals surface area contributed by atoms with Crippen LogP contribution in [0.2, 0.25) is 0 Å². The maximum absolute atomic E-state index is 10.9. The van der Waals surface area contributed by atoms with Gasteiger partial charge < -0.3 is 4.90 Å². The molecule has 0 saturated heterocycles. The van der Waals surface area contributed by atoms with Crippen LogP contribution in [0.25, 0.3) is 0 Å². The molecule has 2 aromatic rings. The number of carbonyl (C=O) groups excluding carboxylic acids is 1. The Labute approximate surface area is 98.4 Å². The highest BCUT2D eigenvalue weighted by Crippen LogP contribution is 2.17. The molecule has 0 N–H and O–H groups in total. The van der Waals surface area contributed by atoms with Crippen molar-refractivity contribution in [3.05, 3.63) is 46.3 Å². The van der Waals surface area contributed by atoms with Crippen LogP contribution in [-0.2, 0) is 6.54 Å². The van der Waals surface area contributed by atoms with Crippen LogP contribution >= 0.6 is 11.3 Å². The van der Waals surface area contributed by atoms with E-state index in [-0.39, 0.29) is 0 Å². The van der Waals surface area contributed by atoms with Crippen molar-refractivity contribution in [3.8, 4) is 0 Å². The second-order valence-corrected chi connectivity index (χ2v) is 4.30. The maximum atomic E-state index is 10.9. The number of nitrogens with zero attached hydrogens (tertiary/aromatic N) is 2. The van der Waals surface area contributed by atoms with Crippen LogP contribution in [0.1, 0.15) is 15.9 Å². The second-order valence-electron chi connectivity index (χ2n) is 3.52. The Hall–Kier alpha value is -1.68. The maximum Gasteiger partial charge on any atom is 0.153 e. The van der Waals surface area contributed by atoms with Crippen molar-refractivity contribution in [2.24, 2.45) is 0 Å². The number of thiophene rings is 1. The third kappa shape index (κ3) is 2.28. The van der Waals surface area contributed by atoms with Crippen molar-refractivity contribution in [1.29, 1.82) is 0 Å². The van der Waals surface area contributed by atoms with Gasteiger partial charge in [-0.05, 0) is 34.5 Å². The molecule has 0 aliphatic carbocycles. The van der Waals surface area contributed by atoms with Gasteiger partial charge in [0.15, 0.2) is 6.29 Å². The summed E-state index contributed by atoms with van der Waals surface area (Å²) in [5, 5.41) is 4.14. The van der Waals surface area contributed by atoms with Crippen molar-refractivity contribution in [2.75, 3.05) is 11.9 Å². The lowest BCUT2D eigenvalue weighted by Crippen LogP contribution is -2.18. The minimum absolute atomic E-state index is 0.625. The molecule has 0 fully saturated rings. The number of pyridine rings is 1. The zero-order valence-electron chi connectivity index (χ0n) is 8.96. The summed E-state index contributed by atoms with van der Waals surface area (Å²) in [4.78, 5) is 17.1. The molecule has 2 rings (SSSR count). The molecule has 0 aromatic carbocycles. The van der Waals surface area contributed by atoms with E-state index in [2.05, 4.69) is 16.4 Å². The molecule has 0 atom stereocenters. The lowest BCUT2D eigenvalue weighted by molar-refractivity contribution is 0.112. The van der Waals surface area contributed by atoms with Gasteiger partial charge in [0.1, 0.15) is 5.82 Å². The Balaban J connectivity index is 2.20. The highest BCUT2D eigenvalue weighted by atomic mass is 32.1. The Morgan fingerprint density at radius 3 is 3.06 bits per heavy atom.